The second-order valence-corrected chi connectivity index (χ2v) is 4.53. The number of carbonyl (C=O) groups excluding carboxylic acids is 1. The van der Waals surface area contributed by atoms with Gasteiger partial charge >= 0.3 is 6.03 Å². The number of benzene rings is 1. The summed E-state index contributed by atoms with van der Waals surface area (Å²) in [6, 6.07) is 2.10. The molecule has 0 aromatic heterocycles. The molecule has 0 unspecified atom stereocenters. The Morgan fingerprint density at radius 3 is 2.62 bits per heavy atom. The van der Waals surface area contributed by atoms with Gasteiger partial charge in [0.25, 0.3) is 10.0 Å². The van der Waals surface area contributed by atoms with E-state index >= 15 is 0 Å². The number of sulfonamides is 1. The minimum atomic E-state index is -4.24. The van der Waals surface area contributed by atoms with E-state index in [-0.39, 0.29) is 5.69 Å². The van der Waals surface area contributed by atoms with Crippen molar-refractivity contribution >= 4 is 21.7 Å². The standard InChI is InChI=1S/C8H10FN3O3S/c1-11-8(13)12-16(14,15)7-4-5(10)2-3-6(7)9/h2-4H,10H2,1H3,(H2,11,12,13). The summed E-state index contributed by atoms with van der Waals surface area (Å²) in [5.41, 5.74) is 5.41. The number of amides is 2. The van der Waals surface area contributed by atoms with Gasteiger partial charge in [0.15, 0.2) is 0 Å². The Balaban J connectivity index is 3.17. The van der Waals surface area contributed by atoms with Gasteiger partial charge in [0.2, 0.25) is 0 Å². The van der Waals surface area contributed by atoms with Crippen LogP contribution < -0.4 is 15.8 Å². The van der Waals surface area contributed by atoms with E-state index in [1.807, 2.05) is 5.32 Å². The summed E-state index contributed by atoms with van der Waals surface area (Å²) < 4.78 is 37.8. The lowest BCUT2D eigenvalue weighted by Crippen LogP contribution is -2.37. The summed E-state index contributed by atoms with van der Waals surface area (Å²) in [5.74, 6) is -0.981. The minimum Gasteiger partial charge on any atom is -0.399 e. The van der Waals surface area contributed by atoms with Gasteiger partial charge in [-0.15, -0.1) is 0 Å². The number of nitrogens with two attached hydrogens (primary N) is 1. The van der Waals surface area contributed by atoms with Crippen molar-refractivity contribution < 1.29 is 17.6 Å². The number of hydrogen-bond donors (Lipinski definition) is 3. The fraction of sp³-hybridized carbons (Fsp3) is 0.125. The average molecular weight is 247 g/mol. The minimum absolute atomic E-state index is 0.0821. The predicted octanol–water partition coefficient (Wildman–Crippen LogP) is 0.0256. The van der Waals surface area contributed by atoms with Crippen LogP contribution in [0, 0.1) is 5.82 Å². The van der Waals surface area contributed by atoms with Crippen LogP contribution in [-0.4, -0.2) is 21.5 Å². The van der Waals surface area contributed by atoms with Gasteiger partial charge in [0, 0.05) is 12.7 Å². The van der Waals surface area contributed by atoms with Crippen molar-refractivity contribution in [2.45, 2.75) is 4.90 Å². The number of nitrogens with one attached hydrogen (secondary N) is 2. The Labute approximate surface area is 91.7 Å². The number of urea groups is 1. The third kappa shape index (κ3) is 2.60. The highest BCUT2D eigenvalue weighted by atomic mass is 32.2. The Kier molecular flexibility index (Phi) is 3.33. The van der Waals surface area contributed by atoms with Crippen LogP contribution in [0.3, 0.4) is 0 Å². The van der Waals surface area contributed by atoms with Gasteiger partial charge in [0.05, 0.1) is 0 Å². The third-order valence-corrected chi connectivity index (χ3v) is 3.04. The summed E-state index contributed by atoms with van der Waals surface area (Å²) in [7, 11) is -3.01. The molecule has 0 saturated carbocycles. The third-order valence-electron chi connectivity index (χ3n) is 1.70. The molecular formula is C8H10FN3O3S. The van der Waals surface area contributed by atoms with Crippen molar-refractivity contribution in [3.63, 3.8) is 0 Å². The summed E-state index contributed by atoms with van der Waals surface area (Å²) in [6.07, 6.45) is 0. The Morgan fingerprint density at radius 1 is 1.44 bits per heavy atom. The van der Waals surface area contributed by atoms with Crippen LogP contribution in [-0.2, 0) is 10.0 Å². The highest BCUT2D eigenvalue weighted by Crippen LogP contribution is 2.17. The lowest BCUT2D eigenvalue weighted by atomic mass is 10.3. The molecule has 0 heterocycles. The molecule has 0 atom stereocenters. The SMILES string of the molecule is CNC(=O)NS(=O)(=O)c1cc(N)ccc1F. The van der Waals surface area contributed by atoms with Crippen molar-refractivity contribution in [1.29, 1.82) is 0 Å². The maximum absolute atomic E-state index is 13.2. The van der Waals surface area contributed by atoms with E-state index in [4.69, 9.17) is 5.73 Å². The zero-order chi connectivity index (χ0) is 12.3. The molecule has 88 valence electrons. The van der Waals surface area contributed by atoms with E-state index in [9.17, 15) is 17.6 Å². The Hall–Kier alpha value is -1.83. The van der Waals surface area contributed by atoms with Crippen LogP contribution in [0.15, 0.2) is 23.1 Å². The first-order valence-corrected chi connectivity index (χ1v) is 5.64. The molecular weight excluding hydrogens is 237 g/mol. The van der Waals surface area contributed by atoms with Gasteiger partial charge in [0.1, 0.15) is 10.7 Å². The van der Waals surface area contributed by atoms with Crippen LogP contribution in [0.2, 0.25) is 0 Å². The number of hydrogen-bond acceptors (Lipinski definition) is 4. The van der Waals surface area contributed by atoms with Crippen LogP contribution in [0.25, 0.3) is 0 Å². The monoisotopic (exact) mass is 247 g/mol. The molecule has 1 aromatic carbocycles. The summed E-state index contributed by atoms with van der Waals surface area (Å²) in [6.45, 7) is 0. The number of nitrogen functional groups attached to an aromatic ring is 1. The highest BCUT2D eigenvalue weighted by molar-refractivity contribution is 7.90. The highest BCUT2D eigenvalue weighted by Gasteiger charge is 2.21. The van der Waals surface area contributed by atoms with E-state index in [1.54, 1.807) is 4.72 Å². The predicted molar refractivity (Wildman–Crippen MR) is 55.6 cm³/mol. The molecule has 1 aromatic rings. The maximum Gasteiger partial charge on any atom is 0.328 e. The van der Waals surface area contributed by atoms with E-state index in [1.165, 1.54) is 13.1 Å². The largest absolute Gasteiger partial charge is 0.399 e. The van der Waals surface area contributed by atoms with Crippen LogP contribution >= 0.6 is 0 Å². The molecule has 0 aliphatic carbocycles. The molecule has 0 spiro atoms. The number of carbonyl (C=O) groups is 1. The average Bonchev–Trinajstić information content (AvgIpc) is 2.20. The van der Waals surface area contributed by atoms with Crippen molar-refractivity contribution in [3.05, 3.63) is 24.0 Å². The number of rotatable bonds is 2. The zero-order valence-corrected chi connectivity index (χ0v) is 9.14. The molecule has 0 aliphatic heterocycles. The van der Waals surface area contributed by atoms with Gasteiger partial charge in [-0.3, -0.25) is 0 Å². The van der Waals surface area contributed by atoms with Crippen LogP contribution in [0.5, 0.6) is 0 Å². The summed E-state index contributed by atoms with van der Waals surface area (Å²) in [5, 5.41) is 2.04. The molecule has 0 saturated heterocycles. The summed E-state index contributed by atoms with van der Waals surface area (Å²) in [4.78, 5) is 10.2. The fourth-order valence-corrected chi connectivity index (χ4v) is 2.03. The fourth-order valence-electron chi connectivity index (χ4n) is 0.954. The normalized spacial score (nSPS) is 10.9. The topological polar surface area (TPSA) is 101 Å². The number of anilines is 1. The summed E-state index contributed by atoms with van der Waals surface area (Å²) >= 11 is 0. The Bertz CT molecular complexity index is 515. The zero-order valence-electron chi connectivity index (χ0n) is 8.32. The van der Waals surface area contributed by atoms with Crippen LogP contribution in [0.1, 0.15) is 0 Å². The lowest BCUT2D eigenvalue weighted by Gasteiger charge is -2.07. The first kappa shape index (κ1) is 12.2. The lowest BCUT2D eigenvalue weighted by molar-refractivity contribution is 0.247. The molecule has 2 amide bonds. The first-order chi connectivity index (χ1) is 7.36. The van der Waals surface area contributed by atoms with Crippen molar-refractivity contribution in [3.8, 4) is 0 Å². The van der Waals surface area contributed by atoms with Crippen molar-refractivity contribution in [1.82, 2.24) is 10.0 Å². The van der Waals surface area contributed by atoms with Gasteiger partial charge in [-0.05, 0) is 18.2 Å². The second kappa shape index (κ2) is 4.35. The van der Waals surface area contributed by atoms with E-state index in [2.05, 4.69) is 0 Å². The van der Waals surface area contributed by atoms with E-state index in [0.29, 0.717) is 0 Å². The molecule has 0 bridgehead atoms. The van der Waals surface area contributed by atoms with Crippen LogP contribution in [0.4, 0.5) is 14.9 Å². The molecule has 1 rings (SSSR count). The van der Waals surface area contributed by atoms with Crippen molar-refractivity contribution in [2.24, 2.45) is 0 Å². The van der Waals surface area contributed by atoms with E-state index < -0.39 is 26.8 Å². The van der Waals surface area contributed by atoms with Gasteiger partial charge in [-0.1, -0.05) is 0 Å². The second-order valence-electron chi connectivity index (χ2n) is 2.87. The molecule has 0 aliphatic rings. The Morgan fingerprint density at radius 2 is 2.06 bits per heavy atom. The maximum atomic E-state index is 13.2. The van der Waals surface area contributed by atoms with Crippen molar-refractivity contribution in [2.75, 3.05) is 12.8 Å². The smallest absolute Gasteiger partial charge is 0.328 e. The van der Waals surface area contributed by atoms with E-state index in [0.717, 1.165) is 12.1 Å². The first-order valence-electron chi connectivity index (χ1n) is 4.16. The molecule has 16 heavy (non-hydrogen) atoms. The quantitative estimate of drug-likeness (QED) is 0.641. The van der Waals surface area contributed by atoms with Gasteiger partial charge in [-0.25, -0.2) is 22.3 Å². The number of halogens is 1. The molecule has 0 fully saturated rings. The molecule has 4 N–H and O–H groups in total. The molecule has 6 nitrogen and oxygen atoms in total. The molecule has 8 heteroatoms. The van der Waals surface area contributed by atoms with Gasteiger partial charge < -0.3 is 11.1 Å². The van der Waals surface area contributed by atoms with Gasteiger partial charge in [-0.2, -0.15) is 0 Å². The molecule has 0 radical (unpaired) electrons.